The van der Waals surface area contributed by atoms with E-state index in [4.69, 9.17) is 19.2 Å². The summed E-state index contributed by atoms with van der Waals surface area (Å²) in [6, 6.07) is 13.5. The molecule has 1 aliphatic rings. The number of fused-ring (bicyclic) bond motifs is 1. The molecule has 1 heterocycles. The van der Waals surface area contributed by atoms with E-state index in [-0.39, 0.29) is 11.9 Å². The van der Waals surface area contributed by atoms with Crippen LogP contribution < -0.4 is 19.5 Å². The van der Waals surface area contributed by atoms with Gasteiger partial charge in [0.2, 0.25) is 5.75 Å². The molecular formula is C27H32N2O4. The molecule has 0 saturated heterocycles. The Morgan fingerprint density at radius 1 is 0.970 bits per heavy atom. The average Bonchev–Trinajstić information content (AvgIpc) is 2.85. The van der Waals surface area contributed by atoms with Crippen molar-refractivity contribution in [3.05, 3.63) is 48.0 Å². The van der Waals surface area contributed by atoms with Gasteiger partial charge < -0.3 is 19.5 Å². The average molecular weight is 449 g/mol. The molecule has 0 bridgehead atoms. The van der Waals surface area contributed by atoms with Crippen molar-refractivity contribution >= 4 is 16.8 Å². The number of hydrogen-bond acceptors (Lipinski definition) is 5. The van der Waals surface area contributed by atoms with Gasteiger partial charge in [0, 0.05) is 17.0 Å². The monoisotopic (exact) mass is 448 g/mol. The number of carbonyl (C=O) groups excluding carboxylic acids is 1. The number of para-hydroxylation sites is 1. The van der Waals surface area contributed by atoms with Gasteiger partial charge in [-0.25, -0.2) is 4.98 Å². The molecule has 33 heavy (non-hydrogen) atoms. The largest absolute Gasteiger partial charge is 0.493 e. The first kappa shape index (κ1) is 22.9. The number of carbonyl (C=O) groups is 1. The number of rotatable bonds is 6. The van der Waals surface area contributed by atoms with E-state index in [9.17, 15) is 4.79 Å². The fourth-order valence-electron chi connectivity index (χ4n) is 4.77. The van der Waals surface area contributed by atoms with Gasteiger partial charge in [-0.1, -0.05) is 44.9 Å². The molecule has 174 valence electrons. The van der Waals surface area contributed by atoms with Crippen LogP contribution in [0, 0.1) is 11.8 Å². The van der Waals surface area contributed by atoms with Crippen LogP contribution in [0.15, 0.2) is 42.5 Å². The third kappa shape index (κ3) is 4.47. The van der Waals surface area contributed by atoms with Crippen LogP contribution in [0.5, 0.6) is 17.2 Å². The first-order valence-electron chi connectivity index (χ1n) is 11.5. The molecule has 3 aromatic rings. The summed E-state index contributed by atoms with van der Waals surface area (Å²) >= 11 is 0. The molecule has 0 aliphatic heterocycles. The third-order valence-electron chi connectivity index (χ3n) is 6.94. The minimum absolute atomic E-state index is 0.0618. The smallest absolute Gasteiger partial charge is 0.252 e. The van der Waals surface area contributed by atoms with E-state index in [2.05, 4.69) is 19.2 Å². The van der Waals surface area contributed by atoms with Gasteiger partial charge in [0.05, 0.1) is 38.1 Å². The number of pyridine rings is 1. The lowest BCUT2D eigenvalue weighted by Gasteiger charge is -2.34. The molecule has 1 aliphatic carbocycles. The molecule has 3 atom stereocenters. The van der Waals surface area contributed by atoms with Crippen molar-refractivity contribution in [3.8, 4) is 28.5 Å². The highest BCUT2D eigenvalue weighted by Crippen LogP contribution is 2.41. The highest BCUT2D eigenvalue weighted by molar-refractivity contribution is 6.07. The molecule has 3 unspecified atom stereocenters. The number of benzene rings is 2. The predicted octanol–water partition coefficient (Wildman–Crippen LogP) is 5.48. The second-order valence-corrected chi connectivity index (χ2v) is 8.83. The topological polar surface area (TPSA) is 69.7 Å². The molecule has 2 aromatic carbocycles. The normalized spacial score (nSPS) is 20.3. The van der Waals surface area contributed by atoms with Crippen LogP contribution in [0.2, 0.25) is 0 Å². The first-order chi connectivity index (χ1) is 16.0. The van der Waals surface area contributed by atoms with Crippen molar-refractivity contribution in [2.24, 2.45) is 11.8 Å². The summed E-state index contributed by atoms with van der Waals surface area (Å²) in [6.07, 6.45) is 3.38. The standard InChI is InChI=1S/C27H32N2O4/c1-16-9-8-12-21(17(16)2)29-27(30)20-15-23(28-22-11-7-6-10-19(20)22)18-13-24(31-3)26(33-5)25(14-18)32-4/h6-7,10-11,13-17,21H,8-9,12H2,1-5H3,(H,29,30). The first-order valence-corrected chi connectivity index (χ1v) is 11.5. The molecule has 1 N–H and O–H groups in total. The molecule has 4 rings (SSSR count). The van der Waals surface area contributed by atoms with Crippen LogP contribution in [-0.4, -0.2) is 38.3 Å². The number of aromatic nitrogens is 1. The summed E-state index contributed by atoms with van der Waals surface area (Å²) < 4.78 is 16.5. The molecule has 6 heteroatoms. The molecule has 0 radical (unpaired) electrons. The zero-order valence-corrected chi connectivity index (χ0v) is 20.0. The van der Waals surface area contributed by atoms with Crippen molar-refractivity contribution in [2.75, 3.05) is 21.3 Å². The van der Waals surface area contributed by atoms with Crippen LogP contribution in [0.25, 0.3) is 22.2 Å². The molecule has 1 saturated carbocycles. The van der Waals surface area contributed by atoms with E-state index in [1.807, 2.05) is 42.5 Å². The highest BCUT2D eigenvalue weighted by Gasteiger charge is 2.29. The van der Waals surface area contributed by atoms with Crippen LogP contribution in [0.3, 0.4) is 0 Å². The van der Waals surface area contributed by atoms with Gasteiger partial charge in [0.25, 0.3) is 5.91 Å². The fraction of sp³-hybridized carbons (Fsp3) is 0.407. The maximum absolute atomic E-state index is 13.5. The number of ether oxygens (including phenoxy) is 3. The second kappa shape index (κ2) is 9.69. The van der Waals surface area contributed by atoms with E-state index in [1.54, 1.807) is 21.3 Å². The number of nitrogens with one attached hydrogen (secondary N) is 1. The zero-order valence-electron chi connectivity index (χ0n) is 20.0. The van der Waals surface area contributed by atoms with Crippen molar-refractivity contribution in [1.29, 1.82) is 0 Å². The Kier molecular flexibility index (Phi) is 6.72. The Labute approximate surface area is 195 Å². The summed E-state index contributed by atoms with van der Waals surface area (Å²) in [5, 5.41) is 4.15. The van der Waals surface area contributed by atoms with E-state index >= 15 is 0 Å². The molecule has 1 amide bonds. The third-order valence-corrected chi connectivity index (χ3v) is 6.94. The summed E-state index contributed by atoms with van der Waals surface area (Å²) in [5.74, 6) is 2.59. The quantitative estimate of drug-likeness (QED) is 0.541. The fourth-order valence-corrected chi connectivity index (χ4v) is 4.77. The number of amides is 1. The number of hydrogen-bond donors (Lipinski definition) is 1. The van der Waals surface area contributed by atoms with Gasteiger partial charge in [0.1, 0.15) is 0 Å². The lowest BCUT2D eigenvalue weighted by molar-refractivity contribution is 0.0892. The van der Waals surface area contributed by atoms with Crippen LogP contribution >= 0.6 is 0 Å². The van der Waals surface area contributed by atoms with Gasteiger partial charge in [-0.15, -0.1) is 0 Å². The summed E-state index contributed by atoms with van der Waals surface area (Å²) in [4.78, 5) is 18.3. The van der Waals surface area contributed by atoms with E-state index in [0.717, 1.165) is 29.3 Å². The van der Waals surface area contributed by atoms with Crippen molar-refractivity contribution in [1.82, 2.24) is 10.3 Å². The SMILES string of the molecule is COc1cc(-c2cc(C(=O)NC3CCCC(C)C3C)c3ccccc3n2)cc(OC)c1OC. The zero-order chi connectivity index (χ0) is 23.5. The second-order valence-electron chi connectivity index (χ2n) is 8.83. The Hall–Kier alpha value is -3.28. The van der Waals surface area contributed by atoms with Crippen LogP contribution in [0.4, 0.5) is 0 Å². The van der Waals surface area contributed by atoms with Crippen LogP contribution in [-0.2, 0) is 0 Å². The van der Waals surface area contributed by atoms with Gasteiger partial charge in [-0.2, -0.15) is 0 Å². The maximum Gasteiger partial charge on any atom is 0.252 e. The van der Waals surface area contributed by atoms with Crippen molar-refractivity contribution < 1.29 is 19.0 Å². The molecule has 0 spiro atoms. The van der Waals surface area contributed by atoms with Crippen molar-refractivity contribution in [3.63, 3.8) is 0 Å². The predicted molar refractivity (Wildman–Crippen MR) is 130 cm³/mol. The Bertz CT molecular complexity index is 1140. The highest BCUT2D eigenvalue weighted by atomic mass is 16.5. The molecule has 1 fully saturated rings. The maximum atomic E-state index is 13.5. The van der Waals surface area contributed by atoms with Crippen molar-refractivity contribution in [2.45, 2.75) is 39.2 Å². The molecule has 6 nitrogen and oxygen atoms in total. The van der Waals surface area contributed by atoms with Gasteiger partial charge in [0.15, 0.2) is 11.5 Å². The summed E-state index contributed by atoms with van der Waals surface area (Å²) in [7, 11) is 4.74. The number of nitrogens with zero attached hydrogens (tertiary/aromatic N) is 1. The Balaban J connectivity index is 1.79. The minimum atomic E-state index is -0.0618. The molecule has 1 aromatic heterocycles. The van der Waals surface area contributed by atoms with E-state index < -0.39 is 0 Å². The lowest BCUT2D eigenvalue weighted by Crippen LogP contribution is -2.43. The van der Waals surface area contributed by atoms with Gasteiger partial charge >= 0.3 is 0 Å². The molecular weight excluding hydrogens is 416 g/mol. The van der Waals surface area contributed by atoms with Gasteiger partial charge in [-0.3, -0.25) is 4.79 Å². The summed E-state index contributed by atoms with van der Waals surface area (Å²) in [6.45, 7) is 4.51. The lowest BCUT2D eigenvalue weighted by atomic mass is 9.78. The van der Waals surface area contributed by atoms with E-state index in [0.29, 0.717) is 40.3 Å². The number of methoxy groups -OCH3 is 3. The summed E-state index contributed by atoms with van der Waals surface area (Å²) in [5.41, 5.74) is 2.83. The Morgan fingerprint density at radius 2 is 1.67 bits per heavy atom. The van der Waals surface area contributed by atoms with E-state index in [1.165, 1.54) is 6.42 Å². The minimum Gasteiger partial charge on any atom is -0.493 e. The van der Waals surface area contributed by atoms with Crippen LogP contribution in [0.1, 0.15) is 43.5 Å². The Morgan fingerprint density at radius 3 is 2.33 bits per heavy atom. The van der Waals surface area contributed by atoms with Gasteiger partial charge in [-0.05, 0) is 42.5 Å².